The molecule has 0 saturated heterocycles. The van der Waals surface area contributed by atoms with E-state index in [1.807, 2.05) is 54.6 Å². The zero-order valence-electron chi connectivity index (χ0n) is 12.0. The Kier molecular flexibility index (Phi) is 6.61. The van der Waals surface area contributed by atoms with Crippen LogP contribution in [0.15, 0.2) is 59.1 Å². The first kappa shape index (κ1) is 17.2. The van der Waals surface area contributed by atoms with Crippen molar-refractivity contribution in [1.82, 2.24) is 4.90 Å². The largest absolute Gasteiger partial charge is 0.387 e. The van der Waals surface area contributed by atoms with Crippen LogP contribution in [0.5, 0.6) is 0 Å². The van der Waals surface area contributed by atoms with E-state index < -0.39 is 6.10 Å². The van der Waals surface area contributed by atoms with E-state index in [2.05, 4.69) is 31.9 Å². The van der Waals surface area contributed by atoms with Crippen LogP contribution in [-0.2, 0) is 11.3 Å². The first-order valence-electron chi connectivity index (χ1n) is 6.91. The highest BCUT2D eigenvalue weighted by Gasteiger charge is 2.18. The molecule has 0 aromatic heterocycles. The molecule has 0 unspecified atom stereocenters. The van der Waals surface area contributed by atoms with Gasteiger partial charge in [0, 0.05) is 11.0 Å². The van der Waals surface area contributed by atoms with E-state index in [1.54, 1.807) is 4.90 Å². The average Bonchev–Trinajstić information content (AvgIpc) is 2.55. The predicted molar refractivity (Wildman–Crippen MR) is 94.8 cm³/mol. The SMILES string of the molecule is O=C(CBr)N(Cc1ccccc1)C[C@H](O)c1ccc(Br)cc1. The molecule has 0 aliphatic rings. The fourth-order valence-corrected chi connectivity index (χ4v) is 2.76. The summed E-state index contributed by atoms with van der Waals surface area (Å²) in [5, 5.41) is 10.6. The van der Waals surface area contributed by atoms with Gasteiger partial charge in [0.2, 0.25) is 5.91 Å². The van der Waals surface area contributed by atoms with Crippen molar-refractivity contribution in [3.05, 3.63) is 70.2 Å². The Balaban J connectivity index is 2.09. The van der Waals surface area contributed by atoms with Crippen LogP contribution in [0.2, 0.25) is 0 Å². The molecule has 0 bridgehead atoms. The monoisotopic (exact) mass is 425 g/mol. The summed E-state index contributed by atoms with van der Waals surface area (Å²) < 4.78 is 0.959. The normalized spacial score (nSPS) is 12.0. The number of carbonyl (C=O) groups excluding carboxylic acids is 1. The highest BCUT2D eigenvalue weighted by atomic mass is 79.9. The van der Waals surface area contributed by atoms with E-state index in [9.17, 15) is 9.90 Å². The Labute approximate surface area is 147 Å². The molecule has 0 saturated carbocycles. The number of halogens is 2. The summed E-state index contributed by atoms with van der Waals surface area (Å²) >= 11 is 6.58. The van der Waals surface area contributed by atoms with Crippen LogP contribution in [0, 0.1) is 0 Å². The lowest BCUT2D eigenvalue weighted by Crippen LogP contribution is -2.35. The molecule has 0 spiro atoms. The molecule has 0 heterocycles. The number of hydrogen-bond acceptors (Lipinski definition) is 2. The number of aliphatic hydroxyl groups is 1. The second-order valence-electron chi connectivity index (χ2n) is 4.96. The number of amides is 1. The first-order valence-corrected chi connectivity index (χ1v) is 8.83. The fourth-order valence-electron chi connectivity index (χ4n) is 2.14. The highest BCUT2D eigenvalue weighted by Crippen LogP contribution is 2.19. The number of nitrogens with zero attached hydrogens (tertiary/aromatic N) is 1. The third-order valence-electron chi connectivity index (χ3n) is 3.33. The molecule has 2 aromatic rings. The van der Waals surface area contributed by atoms with E-state index in [0.717, 1.165) is 15.6 Å². The summed E-state index contributed by atoms with van der Waals surface area (Å²) in [5.74, 6) is -0.0417. The zero-order chi connectivity index (χ0) is 15.9. The molecular formula is C17H17Br2NO2. The summed E-state index contributed by atoms with van der Waals surface area (Å²) in [6.45, 7) is 0.750. The molecule has 0 fully saturated rings. The van der Waals surface area contributed by atoms with Crippen LogP contribution in [0.1, 0.15) is 17.2 Å². The van der Waals surface area contributed by atoms with Gasteiger partial charge in [0.1, 0.15) is 0 Å². The minimum Gasteiger partial charge on any atom is -0.387 e. The lowest BCUT2D eigenvalue weighted by Gasteiger charge is -2.25. The maximum atomic E-state index is 12.1. The van der Waals surface area contributed by atoms with Crippen LogP contribution in [0.4, 0.5) is 0 Å². The van der Waals surface area contributed by atoms with E-state index in [0.29, 0.717) is 6.54 Å². The van der Waals surface area contributed by atoms with Crippen molar-refractivity contribution in [3.8, 4) is 0 Å². The molecule has 1 amide bonds. The smallest absolute Gasteiger partial charge is 0.233 e. The minimum atomic E-state index is -0.709. The van der Waals surface area contributed by atoms with Crippen molar-refractivity contribution in [1.29, 1.82) is 0 Å². The standard InChI is InChI=1S/C17H17Br2NO2/c18-10-17(22)20(11-13-4-2-1-3-5-13)12-16(21)14-6-8-15(19)9-7-14/h1-9,16,21H,10-12H2/t16-/m0/s1. The Morgan fingerprint density at radius 1 is 1.09 bits per heavy atom. The van der Waals surface area contributed by atoms with Gasteiger partial charge in [-0.3, -0.25) is 4.79 Å². The molecule has 2 rings (SSSR count). The predicted octanol–water partition coefficient (Wildman–Crippen LogP) is 3.91. The van der Waals surface area contributed by atoms with Gasteiger partial charge in [0.15, 0.2) is 0 Å². The fraction of sp³-hybridized carbons (Fsp3) is 0.235. The van der Waals surface area contributed by atoms with Gasteiger partial charge >= 0.3 is 0 Å². The van der Waals surface area contributed by atoms with Crippen molar-refractivity contribution in [2.24, 2.45) is 0 Å². The van der Waals surface area contributed by atoms with Gasteiger partial charge in [-0.05, 0) is 23.3 Å². The van der Waals surface area contributed by atoms with Gasteiger partial charge in [-0.15, -0.1) is 0 Å². The lowest BCUT2D eigenvalue weighted by molar-refractivity contribution is -0.130. The third-order valence-corrected chi connectivity index (χ3v) is 4.34. The molecule has 1 N–H and O–H groups in total. The number of alkyl halides is 1. The van der Waals surface area contributed by atoms with Crippen molar-refractivity contribution in [2.45, 2.75) is 12.6 Å². The van der Waals surface area contributed by atoms with Crippen LogP contribution < -0.4 is 0 Å². The van der Waals surface area contributed by atoms with Gasteiger partial charge in [0.25, 0.3) is 0 Å². The maximum absolute atomic E-state index is 12.1. The summed E-state index contributed by atoms with van der Waals surface area (Å²) in [6.07, 6.45) is -0.709. The molecule has 0 aliphatic heterocycles. The van der Waals surface area contributed by atoms with Gasteiger partial charge < -0.3 is 10.0 Å². The van der Waals surface area contributed by atoms with E-state index >= 15 is 0 Å². The van der Waals surface area contributed by atoms with Crippen LogP contribution in [-0.4, -0.2) is 27.8 Å². The van der Waals surface area contributed by atoms with Gasteiger partial charge in [-0.1, -0.05) is 74.3 Å². The first-order chi connectivity index (χ1) is 10.6. The quantitative estimate of drug-likeness (QED) is 0.711. The van der Waals surface area contributed by atoms with Gasteiger partial charge in [-0.2, -0.15) is 0 Å². The lowest BCUT2D eigenvalue weighted by atomic mass is 10.1. The maximum Gasteiger partial charge on any atom is 0.233 e. The van der Waals surface area contributed by atoms with Crippen LogP contribution in [0.25, 0.3) is 0 Å². The molecule has 116 valence electrons. The minimum absolute atomic E-state index is 0.0417. The summed E-state index contributed by atoms with van der Waals surface area (Å²) in [5.41, 5.74) is 1.84. The molecule has 1 atom stereocenters. The molecule has 2 aromatic carbocycles. The van der Waals surface area contributed by atoms with Gasteiger partial charge in [-0.25, -0.2) is 0 Å². The number of benzene rings is 2. The molecular weight excluding hydrogens is 410 g/mol. The Morgan fingerprint density at radius 2 is 1.73 bits per heavy atom. The van der Waals surface area contributed by atoms with E-state index in [-0.39, 0.29) is 17.8 Å². The molecule has 0 radical (unpaired) electrons. The number of hydrogen-bond donors (Lipinski definition) is 1. The van der Waals surface area contributed by atoms with Crippen molar-refractivity contribution in [3.63, 3.8) is 0 Å². The number of carbonyl (C=O) groups is 1. The highest BCUT2D eigenvalue weighted by molar-refractivity contribution is 9.10. The summed E-state index contributed by atoms with van der Waals surface area (Å²) in [4.78, 5) is 13.8. The van der Waals surface area contributed by atoms with Crippen molar-refractivity contribution < 1.29 is 9.90 Å². The molecule has 22 heavy (non-hydrogen) atoms. The molecule has 3 nitrogen and oxygen atoms in total. The Bertz CT molecular complexity index is 602. The zero-order valence-corrected chi connectivity index (χ0v) is 15.1. The van der Waals surface area contributed by atoms with Crippen LogP contribution >= 0.6 is 31.9 Å². The second-order valence-corrected chi connectivity index (χ2v) is 6.44. The van der Waals surface area contributed by atoms with Crippen LogP contribution in [0.3, 0.4) is 0 Å². The van der Waals surface area contributed by atoms with Crippen molar-refractivity contribution in [2.75, 3.05) is 11.9 Å². The van der Waals surface area contributed by atoms with E-state index in [4.69, 9.17) is 0 Å². The van der Waals surface area contributed by atoms with E-state index in [1.165, 1.54) is 0 Å². The summed E-state index contributed by atoms with van der Waals surface area (Å²) in [7, 11) is 0. The Hall–Kier alpha value is -1.17. The molecule has 5 heteroatoms. The topological polar surface area (TPSA) is 40.5 Å². The third kappa shape index (κ3) is 4.93. The number of rotatable bonds is 6. The summed E-state index contributed by atoms with van der Waals surface area (Å²) in [6, 6.07) is 17.2. The Morgan fingerprint density at radius 3 is 2.32 bits per heavy atom. The second kappa shape index (κ2) is 8.46. The molecule has 0 aliphatic carbocycles. The number of aliphatic hydroxyl groups excluding tert-OH is 1. The van der Waals surface area contributed by atoms with Crippen molar-refractivity contribution >= 4 is 37.8 Å². The average molecular weight is 427 g/mol. The van der Waals surface area contributed by atoms with Gasteiger partial charge in [0.05, 0.1) is 18.0 Å².